The number of nitrogens with one attached hydrogen (secondary N) is 1. The maximum absolute atomic E-state index is 11.5. The Morgan fingerprint density at radius 3 is 2.75 bits per heavy atom. The Hall–Kier alpha value is -1.49. The Labute approximate surface area is 97.4 Å². The number of hydrogen-bond donors (Lipinski definition) is 2. The number of carbonyl (C=O) groups excluding carboxylic acids is 1. The number of rotatable bonds is 5. The number of hydrogen-bond acceptors (Lipinski definition) is 3. The summed E-state index contributed by atoms with van der Waals surface area (Å²) in [7, 11) is 0. The number of carboxylic acid groups (broad SMARTS) is 1. The highest BCUT2D eigenvalue weighted by molar-refractivity contribution is 6.29. The third kappa shape index (κ3) is 3.94. The van der Waals surface area contributed by atoms with Crippen LogP contribution in [0, 0.1) is 0 Å². The van der Waals surface area contributed by atoms with Gasteiger partial charge in [0.15, 0.2) is 11.0 Å². The van der Waals surface area contributed by atoms with Crippen molar-refractivity contribution >= 4 is 23.5 Å². The average Bonchev–Trinajstić information content (AvgIpc) is 2.62. The minimum atomic E-state index is -0.887. The molecule has 0 radical (unpaired) electrons. The van der Waals surface area contributed by atoms with Gasteiger partial charge in [-0.2, -0.15) is 0 Å². The summed E-state index contributed by atoms with van der Waals surface area (Å²) in [4.78, 5) is 21.8. The van der Waals surface area contributed by atoms with E-state index in [-0.39, 0.29) is 23.4 Å². The first-order valence-corrected chi connectivity index (χ1v) is 5.15. The van der Waals surface area contributed by atoms with Gasteiger partial charge in [-0.05, 0) is 37.1 Å². The Morgan fingerprint density at radius 1 is 1.56 bits per heavy atom. The lowest BCUT2D eigenvalue weighted by Crippen LogP contribution is -2.32. The van der Waals surface area contributed by atoms with Gasteiger partial charge in [-0.15, -0.1) is 0 Å². The first-order valence-electron chi connectivity index (χ1n) is 4.77. The maximum atomic E-state index is 11.5. The molecular formula is C10H12ClNO4. The van der Waals surface area contributed by atoms with E-state index < -0.39 is 11.9 Å². The smallest absolute Gasteiger partial charge is 0.303 e. The lowest BCUT2D eigenvalue weighted by molar-refractivity contribution is -0.137. The first kappa shape index (κ1) is 12.6. The predicted molar refractivity (Wildman–Crippen MR) is 57.5 cm³/mol. The first-order chi connectivity index (χ1) is 7.49. The predicted octanol–water partition coefficient (Wildman–Crippen LogP) is 1.92. The van der Waals surface area contributed by atoms with Gasteiger partial charge < -0.3 is 14.8 Å². The molecule has 0 fully saturated rings. The van der Waals surface area contributed by atoms with E-state index in [0.717, 1.165) is 0 Å². The van der Waals surface area contributed by atoms with E-state index in [1.54, 1.807) is 6.92 Å². The molecule has 5 nitrogen and oxygen atoms in total. The van der Waals surface area contributed by atoms with Crippen molar-refractivity contribution in [3.63, 3.8) is 0 Å². The molecule has 1 heterocycles. The van der Waals surface area contributed by atoms with Gasteiger partial charge in [0.2, 0.25) is 0 Å². The van der Waals surface area contributed by atoms with Gasteiger partial charge in [-0.3, -0.25) is 9.59 Å². The zero-order valence-corrected chi connectivity index (χ0v) is 9.45. The van der Waals surface area contributed by atoms with Crippen LogP contribution in [0.4, 0.5) is 0 Å². The summed E-state index contributed by atoms with van der Waals surface area (Å²) >= 11 is 5.52. The fourth-order valence-corrected chi connectivity index (χ4v) is 1.29. The third-order valence-corrected chi connectivity index (χ3v) is 2.17. The van der Waals surface area contributed by atoms with Gasteiger partial charge in [0, 0.05) is 12.5 Å². The number of halogens is 1. The number of amides is 1. The van der Waals surface area contributed by atoms with Crippen LogP contribution in [-0.4, -0.2) is 23.0 Å². The Bertz CT molecular complexity index is 388. The van der Waals surface area contributed by atoms with Gasteiger partial charge >= 0.3 is 5.97 Å². The lowest BCUT2D eigenvalue weighted by atomic mass is 10.2. The van der Waals surface area contributed by atoms with Crippen molar-refractivity contribution in [1.29, 1.82) is 0 Å². The second-order valence-electron chi connectivity index (χ2n) is 3.41. The number of carboxylic acids is 1. The van der Waals surface area contributed by atoms with Gasteiger partial charge in [0.1, 0.15) is 0 Å². The highest BCUT2D eigenvalue weighted by Crippen LogP contribution is 2.13. The van der Waals surface area contributed by atoms with Crippen LogP contribution in [0.25, 0.3) is 0 Å². The summed E-state index contributed by atoms with van der Waals surface area (Å²) < 4.78 is 4.91. The van der Waals surface area contributed by atoms with Crippen LogP contribution in [0.2, 0.25) is 5.22 Å². The molecule has 1 aromatic rings. The number of furan rings is 1. The number of carbonyl (C=O) groups is 2. The molecule has 0 bridgehead atoms. The molecule has 1 amide bonds. The van der Waals surface area contributed by atoms with Crippen molar-refractivity contribution in [2.75, 3.05) is 0 Å². The highest BCUT2D eigenvalue weighted by atomic mass is 35.5. The van der Waals surface area contributed by atoms with Crippen LogP contribution >= 0.6 is 11.6 Å². The van der Waals surface area contributed by atoms with E-state index in [0.29, 0.717) is 6.42 Å². The van der Waals surface area contributed by atoms with Crippen LogP contribution in [0.15, 0.2) is 16.5 Å². The number of aliphatic carboxylic acids is 1. The summed E-state index contributed by atoms with van der Waals surface area (Å²) in [6, 6.07) is 2.70. The quantitative estimate of drug-likeness (QED) is 0.831. The van der Waals surface area contributed by atoms with Crippen molar-refractivity contribution in [1.82, 2.24) is 5.32 Å². The lowest BCUT2D eigenvalue weighted by Gasteiger charge is -2.10. The van der Waals surface area contributed by atoms with E-state index in [4.69, 9.17) is 21.1 Å². The van der Waals surface area contributed by atoms with Crippen LogP contribution in [0.5, 0.6) is 0 Å². The third-order valence-electron chi connectivity index (χ3n) is 1.97. The van der Waals surface area contributed by atoms with E-state index in [1.807, 2.05) is 0 Å². The Kier molecular flexibility index (Phi) is 4.37. The molecule has 0 aliphatic rings. The highest BCUT2D eigenvalue weighted by Gasteiger charge is 2.13. The fourth-order valence-electron chi connectivity index (χ4n) is 1.14. The molecule has 2 N–H and O–H groups in total. The molecule has 6 heteroatoms. The molecule has 0 aliphatic heterocycles. The normalized spacial score (nSPS) is 12.1. The van der Waals surface area contributed by atoms with Gasteiger partial charge in [-0.25, -0.2) is 0 Å². The summed E-state index contributed by atoms with van der Waals surface area (Å²) in [5.74, 6) is -1.17. The zero-order valence-electron chi connectivity index (χ0n) is 8.70. The van der Waals surface area contributed by atoms with Crippen molar-refractivity contribution in [2.24, 2.45) is 0 Å². The van der Waals surface area contributed by atoms with Gasteiger partial charge in [-0.1, -0.05) is 0 Å². The molecule has 1 unspecified atom stereocenters. The zero-order chi connectivity index (χ0) is 12.1. The van der Waals surface area contributed by atoms with E-state index in [9.17, 15) is 9.59 Å². The molecule has 1 aromatic heterocycles. The molecule has 0 spiro atoms. The molecule has 16 heavy (non-hydrogen) atoms. The topological polar surface area (TPSA) is 79.5 Å². The molecule has 0 aromatic carbocycles. The Morgan fingerprint density at radius 2 is 2.25 bits per heavy atom. The van der Waals surface area contributed by atoms with E-state index in [1.165, 1.54) is 12.1 Å². The van der Waals surface area contributed by atoms with E-state index >= 15 is 0 Å². The SMILES string of the molecule is CC(CCC(=O)O)NC(=O)c1ccc(Cl)o1. The van der Waals surface area contributed by atoms with Crippen LogP contribution in [-0.2, 0) is 4.79 Å². The molecule has 1 rings (SSSR count). The largest absolute Gasteiger partial charge is 0.481 e. The van der Waals surface area contributed by atoms with E-state index in [2.05, 4.69) is 5.32 Å². The molecule has 0 saturated carbocycles. The van der Waals surface area contributed by atoms with Crippen LogP contribution in [0.3, 0.4) is 0 Å². The van der Waals surface area contributed by atoms with Crippen LogP contribution < -0.4 is 5.32 Å². The Balaban J connectivity index is 2.42. The molecular weight excluding hydrogens is 234 g/mol. The maximum Gasteiger partial charge on any atom is 0.303 e. The minimum absolute atomic E-state index is 0.0142. The minimum Gasteiger partial charge on any atom is -0.481 e. The standard InChI is InChI=1S/C10H12ClNO4/c1-6(2-5-9(13)14)12-10(15)7-3-4-8(11)16-7/h3-4,6H,2,5H2,1H3,(H,12,15)(H,13,14). The summed E-state index contributed by atoms with van der Waals surface area (Å²) in [5, 5.41) is 11.2. The monoisotopic (exact) mass is 245 g/mol. The average molecular weight is 246 g/mol. The summed E-state index contributed by atoms with van der Waals surface area (Å²) in [6.07, 6.45) is 0.385. The van der Waals surface area contributed by atoms with Crippen molar-refractivity contribution in [2.45, 2.75) is 25.8 Å². The molecule has 1 atom stereocenters. The van der Waals surface area contributed by atoms with Crippen molar-refractivity contribution in [3.05, 3.63) is 23.1 Å². The van der Waals surface area contributed by atoms with Crippen LogP contribution in [0.1, 0.15) is 30.3 Å². The summed E-state index contributed by atoms with van der Waals surface area (Å²) in [6.45, 7) is 1.73. The molecule has 88 valence electrons. The van der Waals surface area contributed by atoms with Crippen molar-refractivity contribution in [3.8, 4) is 0 Å². The second kappa shape index (κ2) is 5.55. The molecule has 0 saturated heterocycles. The second-order valence-corrected chi connectivity index (χ2v) is 3.78. The van der Waals surface area contributed by atoms with Gasteiger partial charge in [0.05, 0.1) is 0 Å². The molecule has 0 aliphatic carbocycles. The fraction of sp³-hybridized carbons (Fsp3) is 0.400. The summed E-state index contributed by atoms with van der Waals surface area (Å²) in [5.41, 5.74) is 0. The van der Waals surface area contributed by atoms with Crippen molar-refractivity contribution < 1.29 is 19.1 Å². The van der Waals surface area contributed by atoms with Gasteiger partial charge in [0.25, 0.3) is 5.91 Å².